The van der Waals surface area contributed by atoms with Crippen LogP contribution in [0.15, 0.2) is 24.3 Å². The van der Waals surface area contributed by atoms with Gasteiger partial charge >= 0.3 is 58.4 Å². The van der Waals surface area contributed by atoms with Crippen molar-refractivity contribution in [3.05, 3.63) is 29.8 Å². The molecule has 0 bridgehead atoms. The maximum absolute atomic E-state index is 12.3. The Morgan fingerprint density at radius 2 is 1.79 bits per heavy atom. The minimum Gasteiger partial charge on any atom is -0.445 e. The molecule has 0 amide bonds. The number of hydrogen-bond acceptors (Lipinski definition) is 1. The molecule has 1 aromatic rings. The van der Waals surface area contributed by atoms with Gasteiger partial charge in [0.1, 0.15) is 0 Å². The van der Waals surface area contributed by atoms with E-state index in [1.807, 2.05) is 0 Å². The molecule has 0 saturated carbocycles. The summed E-state index contributed by atoms with van der Waals surface area (Å²) in [6.07, 6.45) is -0.197. The van der Waals surface area contributed by atoms with Crippen molar-refractivity contribution in [1.29, 1.82) is 5.26 Å². The summed E-state index contributed by atoms with van der Waals surface area (Å²) in [6, 6.07) is 6.86. The van der Waals surface area contributed by atoms with Gasteiger partial charge < -0.3 is 12.9 Å². The predicted molar refractivity (Wildman–Crippen MR) is 44.5 cm³/mol. The fourth-order valence-electron chi connectivity index (χ4n) is 1.10. The average Bonchev–Trinajstić information content (AvgIpc) is 2.04. The first-order valence-electron chi connectivity index (χ1n) is 3.70. The maximum Gasteiger partial charge on any atom is 1.00 e. The Morgan fingerprint density at radius 3 is 2.29 bits per heavy atom. The molecule has 0 fully saturated rings. The van der Waals surface area contributed by atoms with Gasteiger partial charge in [-0.15, -0.1) is 5.46 Å². The molecule has 1 rings (SSSR count). The number of rotatable bonds is 2. The number of nitrogens with zero attached hydrogens (tertiary/aromatic N) is 1. The number of hydrogen-bond donors (Lipinski definition) is 0. The molecule has 0 heterocycles. The molecule has 6 heteroatoms. The van der Waals surface area contributed by atoms with Crippen molar-refractivity contribution >= 4 is 12.4 Å². The van der Waals surface area contributed by atoms with E-state index in [-0.39, 0.29) is 63.4 Å². The van der Waals surface area contributed by atoms with Crippen molar-refractivity contribution in [3.8, 4) is 6.07 Å². The van der Waals surface area contributed by atoms with E-state index in [4.69, 9.17) is 5.26 Å². The van der Waals surface area contributed by atoms with E-state index in [0.717, 1.165) is 6.07 Å². The predicted octanol–water partition coefficient (Wildman–Crippen LogP) is -1.19. The molecule has 0 unspecified atom stereocenters. The van der Waals surface area contributed by atoms with E-state index < -0.39 is 12.4 Å². The van der Waals surface area contributed by atoms with Gasteiger partial charge in [-0.3, -0.25) is 0 Å². The zero-order chi connectivity index (χ0) is 9.90. The largest absolute Gasteiger partial charge is 1.00 e. The zero-order valence-corrected chi connectivity index (χ0v) is 10.8. The van der Waals surface area contributed by atoms with Gasteiger partial charge in [0, 0.05) is 0 Å². The van der Waals surface area contributed by atoms with E-state index in [0.29, 0.717) is 0 Å². The molecule has 1 aromatic carbocycles. The summed E-state index contributed by atoms with van der Waals surface area (Å²) < 4.78 is 37.0. The molecular weight excluding hydrogens is 217 g/mol. The standard InChI is InChI=1S/C8H6BF3N.K/c10-9(11,12)8-4-2-1-3-7(8)5-6-13;/h1-4H,5H2;/q-1;+1. The summed E-state index contributed by atoms with van der Waals surface area (Å²) in [7, 11) is 0. The van der Waals surface area contributed by atoms with Crippen LogP contribution in [0.2, 0.25) is 0 Å². The summed E-state index contributed by atoms with van der Waals surface area (Å²) in [5.74, 6) is 0. The summed E-state index contributed by atoms with van der Waals surface area (Å²) in [6.45, 7) is -5.00. The summed E-state index contributed by atoms with van der Waals surface area (Å²) in [4.78, 5) is 0. The smallest absolute Gasteiger partial charge is 0.445 e. The van der Waals surface area contributed by atoms with Crippen molar-refractivity contribution in [2.24, 2.45) is 0 Å². The third kappa shape index (κ3) is 3.75. The Balaban J connectivity index is 0.00000169. The molecule has 14 heavy (non-hydrogen) atoms. The molecule has 0 aliphatic heterocycles. The second-order valence-electron chi connectivity index (χ2n) is 2.61. The van der Waals surface area contributed by atoms with Crippen LogP contribution in [0.5, 0.6) is 0 Å². The van der Waals surface area contributed by atoms with Crippen molar-refractivity contribution in [1.82, 2.24) is 0 Å². The first kappa shape index (κ1) is 14.2. The molecule has 0 spiro atoms. The van der Waals surface area contributed by atoms with Crippen LogP contribution in [0.4, 0.5) is 12.9 Å². The number of benzene rings is 1. The van der Waals surface area contributed by atoms with E-state index in [2.05, 4.69) is 0 Å². The van der Waals surface area contributed by atoms with Crippen LogP contribution in [-0.4, -0.2) is 6.98 Å². The van der Waals surface area contributed by atoms with Gasteiger partial charge in [0.25, 0.3) is 0 Å². The molecule has 68 valence electrons. The molecule has 0 aliphatic rings. The number of halogens is 3. The Kier molecular flexibility index (Phi) is 6.02. The van der Waals surface area contributed by atoms with Gasteiger partial charge in [0.2, 0.25) is 0 Å². The molecule has 0 saturated heterocycles. The van der Waals surface area contributed by atoms with Crippen LogP contribution in [0, 0.1) is 11.3 Å². The van der Waals surface area contributed by atoms with Crippen LogP contribution in [0.1, 0.15) is 5.56 Å². The third-order valence-corrected chi connectivity index (χ3v) is 1.68. The van der Waals surface area contributed by atoms with Crippen molar-refractivity contribution in [3.63, 3.8) is 0 Å². The Morgan fingerprint density at radius 1 is 1.21 bits per heavy atom. The van der Waals surface area contributed by atoms with Gasteiger partial charge in [0.05, 0.1) is 12.5 Å². The molecule has 0 radical (unpaired) electrons. The van der Waals surface area contributed by atoms with Crippen LogP contribution in [0.3, 0.4) is 0 Å². The second kappa shape index (κ2) is 5.93. The Bertz CT molecular complexity index is 345. The second-order valence-corrected chi connectivity index (χ2v) is 2.61. The van der Waals surface area contributed by atoms with Gasteiger partial charge in [-0.05, 0) is 0 Å². The molecule has 0 atom stereocenters. The normalized spacial score (nSPS) is 10.1. The van der Waals surface area contributed by atoms with Crippen LogP contribution >= 0.6 is 0 Å². The van der Waals surface area contributed by atoms with Gasteiger partial charge in [-0.25, -0.2) is 0 Å². The SMILES string of the molecule is N#CCc1ccccc1[B-](F)(F)F.[K+]. The fraction of sp³-hybridized carbons (Fsp3) is 0.125. The average molecular weight is 223 g/mol. The summed E-state index contributed by atoms with van der Waals surface area (Å²) in [5, 5.41) is 8.30. The quantitative estimate of drug-likeness (QED) is 0.578. The fourth-order valence-corrected chi connectivity index (χ4v) is 1.10. The maximum atomic E-state index is 12.3. The minimum absolute atomic E-state index is 0. The van der Waals surface area contributed by atoms with E-state index in [1.165, 1.54) is 18.2 Å². The molecule has 0 N–H and O–H groups in total. The zero-order valence-electron chi connectivity index (χ0n) is 7.67. The third-order valence-electron chi connectivity index (χ3n) is 1.68. The van der Waals surface area contributed by atoms with Crippen molar-refractivity contribution in [2.75, 3.05) is 0 Å². The summed E-state index contributed by atoms with van der Waals surface area (Å²) >= 11 is 0. The molecule has 1 nitrogen and oxygen atoms in total. The van der Waals surface area contributed by atoms with Crippen LogP contribution in [-0.2, 0) is 6.42 Å². The van der Waals surface area contributed by atoms with Crippen LogP contribution < -0.4 is 56.8 Å². The Hall–Kier alpha value is 0.201. The van der Waals surface area contributed by atoms with Crippen molar-refractivity contribution < 1.29 is 64.3 Å². The van der Waals surface area contributed by atoms with Gasteiger partial charge in [-0.2, -0.15) is 5.26 Å². The monoisotopic (exact) mass is 223 g/mol. The first-order valence-corrected chi connectivity index (χ1v) is 3.70. The topological polar surface area (TPSA) is 23.8 Å². The van der Waals surface area contributed by atoms with Gasteiger partial charge in [0.15, 0.2) is 0 Å². The molecular formula is C8H6BF3KN. The first-order chi connectivity index (χ1) is 6.05. The summed E-state index contributed by atoms with van der Waals surface area (Å²) in [5.41, 5.74) is -0.610. The van der Waals surface area contributed by atoms with Crippen LogP contribution in [0.25, 0.3) is 0 Å². The van der Waals surface area contributed by atoms with Gasteiger partial charge in [-0.1, -0.05) is 29.8 Å². The number of nitriles is 1. The molecule has 0 aromatic heterocycles. The minimum atomic E-state index is -5.00. The van der Waals surface area contributed by atoms with E-state index in [9.17, 15) is 12.9 Å². The van der Waals surface area contributed by atoms with E-state index >= 15 is 0 Å². The van der Waals surface area contributed by atoms with E-state index in [1.54, 1.807) is 6.07 Å². The van der Waals surface area contributed by atoms with Crippen molar-refractivity contribution in [2.45, 2.75) is 6.42 Å². The Labute approximate surface area is 123 Å². The molecule has 0 aliphatic carbocycles.